The van der Waals surface area contributed by atoms with Crippen LogP contribution >= 0.6 is 23.4 Å². The summed E-state index contributed by atoms with van der Waals surface area (Å²) in [6.45, 7) is 1.89. The third kappa shape index (κ3) is 5.75. The molecule has 2 aromatic rings. The first kappa shape index (κ1) is 20.3. The molecule has 0 aliphatic rings. The first-order valence-corrected chi connectivity index (χ1v) is 9.80. The molecule has 0 fully saturated rings. The molecule has 1 unspecified atom stereocenters. The summed E-state index contributed by atoms with van der Waals surface area (Å²) in [4.78, 5) is 25.0. The second-order valence-electron chi connectivity index (χ2n) is 5.80. The zero-order valence-corrected chi connectivity index (χ0v) is 16.1. The van der Waals surface area contributed by atoms with Crippen molar-refractivity contribution in [1.82, 2.24) is 5.32 Å². The highest BCUT2D eigenvalue weighted by atomic mass is 35.5. The normalized spacial score (nSPS) is 11.7. The molecule has 2 amide bonds. The predicted molar refractivity (Wildman–Crippen MR) is 105 cm³/mol. The molecule has 7 heteroatoms. The van der Waals surface area contributed by atoms with Gasteiger partial charge >= 0.3 is 0 Å². The van der Waals surface area contributed by atoms with Crippen LogP contribution in [0.5, 0.6) is 0 Å². The van der Waals surface area contributed by atoms with Gasteiger partial charge in [0.15, 0.2) is 0 Å². The molecule has 4 nitrogen and oxygen atoms in total. The molecular weight excluding hydrogens is 375 g/mol. The molecule has 2 aromatic carbocycles. The summed E-state index contributed by atoms with van der Waals surface area (Å²) in [5.74, 6) is -0.644. The summed E-state index contributed by atoms with van der Waals surface area (Å²) in [5.41, 5.74) is 1.74. The maximum absolute atomic E-state index is 13.5. The Hall–Kier alpha value is -2.05. The van der Waals surface area contributed by atoms with Crippen LogP contribution in [0.25, 0.3) is 0 Å². The van der Waals surface area contributed by atoms with Gasteiger partial charge < -0.3 is 10.6 Å². The zero-order valence-electron chi connectivity index (χ0n) is 14.5. The molecular formula is C19H20ClFN2O2S. The van der Waals surface area contributed by atoms with Crippen LogP contribution in [0.4, 0.5) is 10.1 Å². The minimum Gasteiger partial charge on any atom is -0.340 e. The fraction of sp³-hybridized carbons (Fsp3) is 0.263. The molecule has 1 atom stereocenters. The Labute approximate surface area is 161 Å². The molecule has 0 aliphatic carbocycles. The second-order valence-corrected chi connectivity index (χ2v) is 7.19. The largest absolute Gasteiger partial charge is 0.340 e. The Morgan fingerprint density at radius 3 is 2.65 bits per heavy atom. The first-order valence-electron chi connectivity index (χ1n) is 8.03. The maximum Gasteiger partial charge on any atom is 0.251 e. The van der Waals surface area contributed by atoms with Crippen molar-refractivity contribution in [3.8, 4) is 0 Å². The van der Waals surface area contributed by atoms with Gasteiger partial charge in [0.1, 0.15) is 11.9 Å². The number of anilines is 1. The molecule has 0 saturated heterocycles. The van der Waals surface area contributed by atoms with Crippen molar-refractivity contribution in [3.63, 3.8) is 0 Å². The van der Waals surface area contributed by atoms with Crippen molar-refractivity contribution in [1.29, 1.82) is 0 Å². The number of benzene rings is 2. The van der Waals surface area contributed by atoms with Crippen LogP contribution in [-0.2, 0) is 4.79 Å². The van der Waals surface area contributed by atoms with E-state index in [9.17, 15) is 14.0 Å². The van der Waals surface area contributed by atoms with E-state index in [-0.39, 0.29) is 16.6 Å². The van der Waals surface area contributed by atoms with Gasteiger partial charge in [-0.2, -0.15) is 11.8 Å². The average Bonchev–Trinajstić information content (AvgIpc) is 2.61. The Morgan fingerprint density at radius 1 is 1.23 bits per heavy atom. The van der Waals surface area contributed by atoms with E-state index < -0.39 is 17.8 Å². The highest BCUT2D eigenvalue weighted by Gasteiger charge is 2.21. The summed E-state index contributed by atoms with van der Waals surface area (Å²) in [7, 11) is 0. The molecule has 0 aromatic heterocycles. The van der Waals surface area contributed by atoms with E-state index in [1.54, 1.807) is 30.0 Å². The molecule has 0 heterocycles. The second kappa shape index (κ2) is 9.59. The van der Waals surface area contributed by atoms with E-state index in [4.69, 9.17) is 11.6 Å². The summed E-state index contributed by atoms with van der Waals surface area (Å²) in [6, 6.07) is 10.4. The smallest absolute Gasteiger partial charge is 0.251 e. The number of aryl methyl sites for hydroxylation is 1. The van der Waals surface area contributed by atoms with Crippen LogP contribution in [0.1, 0.15) is 22.3 Å². The number of hydrogen-bond donors (Lipinski definition) is 2. The SMILES string of the molecule is CSCCC(NC(=O)c1cccc(C)c1)C(=O)Nc1ccc(Cl)c(F)c1. The lowest BCUT2D eigenvalue weighted by atomic mass is 10.1. The highest BCUT2D eigenvalue weighted by Crippen LogP contribution is 2.19. The van der Waals surface area contributed by atoms with Gasteiger partial charge in [-0.15, -0.1) is 0 Å². The van der Waals surface area contributed by atoms with Gasteiger partial charge in [-0.05, 0) is 55.7 Å². The minimum atomic E-state index is -0.728. The van der Waals surface area contributed by atoms with E-state index in [0.29, 0.717) is 17.7 Å². The molecule has 0 saturated carbocycles. The molecule has 0 spiro atoms. The molecule has 2 rings (SSSR count). The van der Waals surface area contributed by atoms with Crippen molar-refractivity contribution < 1.29 is 14.0 Å². The van der Waals surface area contributed by atoms with Crippen molar-refractivity contribution in [2.75, 3.05) is 17.3 Å². The van der Waals surface area contributed by atoms with Gasteiger partial charge in [-0.25, -0.2) is 4.39 Å². The Bertz CT molecular complexity index is 801. The number of thioether (sulfide) groups is 1. The number of nitrogens with one attached hydrogen (secondary N) is 2. The van der Waals surface area contributed by atoms with Crippen LogP contribution in [0.3, 0.4) is 0 Å². The van der Waals surface area contributed by atoms with Gasteiger partial charge in [-0.3, -0.25) is 9.59 Å². The van der Waals surface area contributed by atoms with E-state index in [0.717, 1.165) is 11.6 Å². The number of halogens is 2. The lowest BCUT2D eigenvalue weighted by molar-refractivity contribution is -0.118. The minimum absolute atomic E-state index is 0.0188. The van der Waals surface area contributed by atoms with Crippen LogP contribution < -0.4 is 10.6 Å². The Kier molecular flexibility index (Phi) is 7.48. The zero-order chi connectivity index (χ0) is 19.1. The summed E-state index contributed by atoms with van der Waals surface area (Å²) in [5, 5.41) is 5.36. The van der Waals surface area contributed by atoms with E-state index in [2.05, 4.69) is 10.6 Å². The Balaban J connectivity index is 2.10. The summed E-state index contributed by atoms with van der Waals surface area (Å²) in [6.07, 6.45) is 2.38. The monoisotopic (exact) mass is 394 g/mol. The summed E-state index contributed by atoms with van der Waals surface area (Å²) < 4.78 is 13.5. The van der Waals surface area contributed by atoms with Crippen molar-refractivity contribution in [2.45, 2.75) is 19.4 Å². The van der Waals surface area contributed by atoms with Crippen LogP contribution in [0, 0.1) is 12.7 Å². The van der Waals surface area contributed by atoms with Crippen molar-refractivity contribution in [3.05, 3.63) is 64.4 Å². The average molecular weight is 395 g/mol. The van der Waals surface area contributed by atoms with E-state index in [1.165, 1.54) is 12.1 Å². The number of rotatable bonds is 7. The van der Waals surface area contributed by atoms with Gasteiger partial charge in [-0.1, -0.05) is 29.3 Å². The van der Waals surface area contributed by atoms with Gasteiger partial charge in [0.05, 0.1) is 5.02 Å². The van der Waals surface area contributed by atoms with Gasteiger partial charge in [0.2, 0.25) is 5.91 Å². The number of carbonyl (C=O) groups is 2. The van der Waals surface area contributed by atoms with Crippen LogP contribution in [-0.4, -0.2) is 29.9 Å². The third-order valence-electron chi connectivity index (χ3n) is 3.70. The van der Waals surface area contributed by atoms with Crippen LogP contribution in [0.2, 0.25) is 5.02 Å². The fourth-order valence-corrected chi connectivity index (χ4v) is 2.92. The predicted octanol–water partition coefficient (Wildman–Crippen LogP) is 4.28. The maximum atomic E-state index is 13.5. The van der Waals surface area contributed by atoms with Gasteiger partial charge in [0, 0.05) is 11.3 Å². The molecule has 0 bridgehead atoms. The first-order chi connectivity index (χ1) is 12.4. The number of hydrogen-bond acceptors (Lipinski definition) is 3. The Morgan fingerprint density at radius 2 is 2.00 bits per heavy atom. The standard InChI is InChI=1S/C19H20ClFN2O2S/c1-12-4-3-5-13(10-12)18(24)23-17(8-9-26-2)19(25)22-14-6-7-15(20)16(21)11-14/h3-7,10-11,17H,8-9H2,1-2H3,(H,22,25)(H,23,24). The number of amides is 2. The van der Waals surface area contributed by atoms with Crippen molar-refractivity contribution >= 4 is 40.9 Å². The molecule has 0 aliphatic heterocycles. The fourth-order valence-electron chi connectivity index (χ4n) is 2.34. The molecule has 138 valence electrons. The van der Waals surface area contributed by atoms with Gasteiger partial charge in [0.25, 0.3) is 5.91 Å². The summed E-state index contributed by atoms with van der Waals surface area (Å²) >= 11 is 7.22. The molecule has 2 N–H and O–H groups in total. The van der Waals surface area contributed by atoms with E-state index >= 15 is 0 Å². The lowest BCUT2D eigenvalue weighted by Gasteiger charge is -2.18. The third-order valence-corrected chi connectivity index (χ3v) is 4.65. The van der Waals surface area contributed by atoms with Crippen molar-refractivity contribution in [2.24, 2.45) is 0 Å². The topological polar surface area (TPSA) is 58.2 Å². The molecule has 0 radical (unpaired) electrons. The quantitative estimate of drug-likeness (QED) is 0.737. The number of carbonyl (C=O) groups excluding carboxylic acids is 2. The van der Waals surface area contributed by atoms with Crippen LogP contribution in [0.15, 0.2) is 42.5 Å². The lowest BCUT2D eigenvalue weighted by Crippen LogP contribution is -2.44. The highest BCUT2D eigenvalue weighted by molar-refractivity contribution is 7.98. The van der Waals surface area contributed by atoms with E-state index in [1.807, 2.05) is 19.2 Å². The molecule has 26 heavy (non-hydrogen) atoms.